The summed E-state index contributed by atoms with van der Waals surface area (Å²) in [5, 5.41) is 3.19. The molecule has 0 aliphatic carbocycles. The van der Waals surface area contributed by atoms with Crippen LogP contribution in [-0.4, -0.2) is 7.05 Å². The summed E-state index contributed by atoms with van der Waals surface area (Å²) in [4.78, 5) is 0. The Morgan fingerprint density at radius 1 is 0.810 bits per heavy atom. The molecule has 1 N–H and O–H groups in total. The summed E-state index contributed by atoms with van der Waals surface area (Å²) in [6.07, 6.45) is 0. The molecule has 0 aromatic heterocycles. The standard InChI is InChI=1S/C19H25NO/c1-13-6-14(2)8-18(7-13)12-21-19-15(3)9-17(11-20-5)10-16(19)4/h6-10,20H,11-12H2,1-5H3. The van der Waals surface area contributed by atoms with Gasteiger partial charge in [-0.05, 0) is 57.0 Å². The van der Waals surface area contributed by atoms with Crippen LogP contribution in [0.4, 0.5) is 0 Å². The quantitative estimate of drug-likeness (QED) is 0.887. The van der Waals surface area contributed by atoms with E-state index in [9.17, 15) is 0 Å². The van der Waals surface area contributed by atoms with E-state index in [4.69, 9.17) is 4.74 Å². The maximum atomic E-state index is 6.08. The van der Waals surface area contributed by atoms with Crippen LogP contribution in [0.1, 0.15) is 33.4 Å². The smallest absolute Gasteiger partial charge is 0.125 e. The fourth-order valence-electron chi connectivity index (χ4n) is 2.88. The third-order valence-electron chi connectivity index (χ3n) is 3.57. The van der Waals surface area contributed by atoms with Crippen molar-refractivity contribution in [2.75, 3.05) is 7.05 Å². The van der Waals surface area contributed by atoms with Crippen LogP contribution in [0.25, 0.3) is 0 Å². The molecule has 2 heteroatoms. The molecule has 2 aromatic rings. The summed E-state index contributed by atoms with van der Waals surface area (Å²) in [6, 6.07) is 11.0. The first kappa shape index (κ1) is 15.6. The van der Waals surface area contributed by atoms with E-state index in [1.165, 1.54) is 33.4 Å². The maximum absolute atomic E-state index is 6.08. The van der Waals surface area contributed by atoms with E-state index in [1.54, 1.807) is 0 Å². The minimum Gasteiger partial charge on any atom is -0.488 e. The number of nitrogens with one attached hydrogen (secondary N) is 1. The molecule has 112 valence electrons. The highest BCUT2D eigenvalue weighted by atomic mass is 16.5. The van der Waals surface area contributed by atoms with E-state index in [0.29, 0.717) is 6.61 Å². The van der Waals surface area contributed by atoms with Crippen molar-refractivity contribution in [3.05, 3.63) is 63.7 Å². The molecule has 0 unspecified atom stereocenters. The first-order chi connectivity index (χ1) is 9.99. The molecule has 0 fully saturated rings. The molecule has 2 rings (SSSR count). The van der Waals surface area contributed by atoms with Gasteiger partial charge in [-0.15, -0.1) is 0 Å². The summed E-state index contributed by atoms with van der Waals surface area (Å²) in [5.74, 6) is 1.01. The lowest BCUT2D eigenvalue weighted by Gasteiger charge is -2.15. The average molecular weight is 283 g/mol. The third kappa shape index (κ3) is 4.08. The third-order valence-corrected chi connectivity index (χ3v) is 3.57. The second kappa shape index (κ2) is 6.77. The Morgan fingerprint density at radius 2 is 1.38 bits per heavy atom. The largest absolute Gasteiger partial charge is 0.488 e. The van der Waals surface area contributed by atoms with Crippen LogP contribution in [0.2, 0.25) is 0 Å². The molecule has 2 aromatic carbocycles. The lowest BCUT2D eigenvalue weighted by Crippen LogP contribution is -2.06. The molecular weight excluding hydrogens is 258 g/mol. The van der Waals surface area contributed by atoms with Crippen molar-refractivity contribution in [2.24, 2.45) is 0 Å². The number of hydrogen-bond donors (Lipinski definition) is 1. The fourth-order valence-corrected chi connectivity index (χ4v) is 2.88. The lowest BCUT2D eigenvalue weighted by molar-refractivity contribution is 0.301. The van der Waals surface area contributed by atoms with Crippen molar-refractivity contribution in [3.8, 4) is 5.75 Å². The van der Waals surface area contributed by atoms with E-state index in [-0.39, 0.29) is 0 Å². The first-order valence-corrected chi connectivity index (χ1v) is 7.44. The van der Waals surface area contributed by atoms with Crippen LogP contribution in [0.15, 0.2) is 30.3 Å². The van der Waals surface area contributed by atoms with Gasteiger partial charge in [-0.2, -0.15) is 0 Å². The number of benzene rings is 2. The number of rotatable bonds is 5. The molecular formula is C19H25NO. The predicted octanol–water partition coefficient (Wildman–Crippen LogP) is 4.22. The second-order valence-corrected chi connectivity index (χ2v) is 5.87. The van der Waals surface area contributed by atoms with Crippen LogP contribution in [-0.2, 0) is 13.2 Å². The van der Waals surface area contributed by atoms with Crippen molar-refractivity contribution in [2.45, 2.75) is 40.8 Å². The molecule has 21 heavy (non-hydrogen) atoms. The van der Waals surface area contributed by atoms with Crippen LogP contribution >= 0.6 is 0 Å². The van der Waals surface area contributed by atoms with Gasteiger partial charge in [0.1, 0.15) is 12.4 Å². The SMILES string of the molecule is CNCc1cc(C)c(OCc2cc(C)cc(C)c2)c(C)c1. The summed E-state index contributed by atoms with van der Waals surface area (Å²) < 4.78 is 6.08. The molecule has 0 atom stereocenters. The van der Waals surface area contributed by atoms with Gasteiger partial charge in [-0.25, -0.2) is 0 Å². The highest BCUT2D eigenvalue weighted by Gasteiger charge is 2.07. The molecule has 0 bridgehead atoms. The highest BCUT2D eigenvalue weighted by Crippen LogP contribution is 2.26. The molecule has 0 aliphatic rings. The zero-order chi connectivity index (χ0) is 15.4. The minimum absolute atomic E-state index is 0.621. The Kier molecular flexibility index (Phi) is 5.03. The van der Waals surface area contributed by atoms with Crippen LogP contribution in [0.5, 0.6) is 5.75 Å². The molecule has 0 spiro atoms. The second-order valence-electron chi connectivity index (χ2n) is 5.87. The zero-order valence-corrected chi connectivity index (χ0v) is 13.7. The van der Waals surface area contributed by atoms with Gasteiger partial charge in [0, 0.05) is 6.54 Å². The van der Waals surface area contributed by atoms with Crippen molar-refractivity contribution >= 4 is 0 Å². The minimum atomic E-state index is 0.621. The monoisotopic (exact) mass is 283 g/mol. The molecule has 0 saturated heterocycles. The number of ether oxygens (including phenoxy) is 1. The number of aryl methyl sites for hydroxylation is 4. The molecule has 0 radical (unpaired) electrons. The average Bonchev–Trinajstić information content (AvgIpc) is 2.36. The number of hydrogen-bond acceptors (Lipinski definition) is 2. The Morgan fingerprint density at radius 3 is 1.90 bits per heavy atom. The maximum Gasteiger partial charge on any atom is 0.125 e. The molecule has 2 nitrogen and oxygen atoms in total. The first-order valence-electron chi connectivity index (χ1n) is 7.44. The highest BCUT2D eigenvalue weighted by molar-refractivity contribution is 5.43. The van der Waals surface area contributed by atoms with Crippen LogP contribution in [0.3, 0.4) is 0 Å². The zero-order valence-electron chi connectivity index (χ0n) is 13.7. The Balaban J connectivity index is 2.16. The predicted molar refractivity (Wildman–Crippen MR) is 88.9 cm³/mol. The van der Waals surface area contributed by atoms with Crippen molar-refractivity contribution in [1.29, 1.82) is 0 Å². The van der Waals surface area contributed by atoms with Gasteiger partial charge in [-0.3, -0.25) is 0 Å². The van der Waals surface area contributed by atoms with Crippen molar-refractivity contribution in [1.82, 2.24) is 5.32 Å². The normalized spacial score (nSPS) is 10.7. The van der Waals surface area contributed by atoms with Gasteiger partial charge in [0.2, 0.25) is 0 Å². The topological polar surface area (TPSA) is 21.3 Å². The molecule has 0 heterocycles. The van der Waals surface area contributed by atoms with Crippen molar-refractivity contribution < 1.29 is 4.74 Å². The van der Waals surface area contributed by atoms with Gasteiger partial charge in [-0.1, -0.05) is 41.5 Å². The van der Waals surface area contributed by atoms with E-state index < -0.39 is 0 Å². The molecule has 0 saturated carbocycles. The van der Waals surface area contributed by atoms with E-state index >= 15 is 0 Å². The van der Waals surface area contributed by atoms with Gasteiger partial charge in [0.25, 0.3) is 0 Å². The van der Waals surface area contributed by atoms with E-state index in [2.05, 4.69) is 63.3 Å². The van der Waals surface area contributed by atoms with Crippen LogP contribution in [0, 0.1) is 27.7 Å². The summed E-state index contributed by atoms with van der Waals surface area (Å²) in [6.45, 7) is 9.99. The van der Waals surface area contributed by atoms with E-state index in [1.807, 2.05) is 7.05 Å². The summed E-state index contributed by atoms with van der Waals surface area (Å²) in [7, 11) is 1.97. The van der Waals surface area contributed by atoms with Gasteiger partial charge >= 0.3 is 0 Å². The van der Waals surface area contributed by atoms with Crippen LogP contribution < -0.4 is 10.1 Å². The summed E-state index contributed by atoms with van der Waals surface area (Å²) in [5.41, 5.74) is 7.49. The Hall–Kier alpha value is -1.80. The molecule has 0 aliphatic heterocycles. The molecule has 0 amide bonds. The lowest BCUT2D eigenvalue weighted by atomic mass is 10.1. The van der Waals surface area contributed by atoms with Gasteiger partial charge in [0.15, 0.2) is 0 Å². The van der Waals surface area contributed by atoms with Crippen molar-refractivity contribution in [3.63, 3.8) is 0 Å². The summed E-state index contributed by atoms with van der Waals surface area (Å²) >= 11 is 0. The van der Waals surface area contributed by atoms with Gasteiger partial charge < -0.3 is 10.1 Å². The van der Waals surface area contributed by atoms with E-state index in [0.717, 1.165) is 12.3 Å². The Labute approximate surface area is 128 Å². The fraction of sp³-hybridized carbons (Fsp3) is 0.368. The van der Waals surface area contributed by atoms with Gasteiger partial charge in [0.05, 0.1) is 0 Å². The Bertz CT molecular complexity index is 588.